The standard InChI is InChI=1S/C14H11BrFN3S2/c1-19-13(12-3-2-6-20-12)17-18-14(19)21-8-9-4-5-10(15)7-11(9)16/h2-7H,8H2,1H3. The average molecular weight is 384 g/mol. The van der Waals surface area contributed by atoms with E-state index in [1.54, 1.807) is 17.4 Å². The van der Waals surface area contributed by atoms with E-state index in [2.05, 4.69) is 26.1 Å². The van der Waals surface area contributed by atoms with Crippen LogP contribution in [-0.2, 0) is 12.8 Å². The lowest BCUT2D eigenvalue weighted by atomic mass is 10.2. The Labute approximate surface area is 138 Å². The monoisotopic (exact) mass is 383 g/mol. The van der Waals surface area contributed by atoms with Crippen LogP contribution in [-0.4, -0.2) is 14.8 Å². The lowest BCUT2D eigenvalue weighted by Gasteiger charge is -2.04. The predicted molar refractivity (Wildman–Crippen MR) is 88.0 cm³/mol. The van der Waals surface area contributed by atoms with Gasteiger partial charge in [-0.15, -0.1) is 21.5 Å². The van der Waals surface area contributed by atoms with Crippen LogP contribution in [0.2, 0.25) is 0 Å². The fourth-order valence-corrected chi connectivity index (χ4v) is 3.82. The number of hydrogen-bond acceptors (Lipinski definition) is 4. The number of aromatic nitrogens is 3. The molecule has 21 heavy (non-hydrogen) atoms. The van der Waals surface area contributed by atoms with Crippen molar-refractivity contribution in [3.05, 3.63) is 51.6 Å². The molecular formula is C14H11BrFN3S2. The molecule has 0 fully saturated rings. The van der Waals surface area contributed by atoms with Crippen molar-refractivity contribution in [1.82, 2.24) is 14.8 Å². The number of nitrogens with zero attached hydrogens (tertiary/aromatic N) is 3. The molecule has 2 aromatic heterocycles. The van der Waals surface area contributed by atoms with Crippen molar-refractivity contribution in [3.8, 4) is 10.7 Å². The van der Waals surface area contributed by atoms with Crippen LogP contribution in [0.25, 0.3) is 10.7 Å². The topological polar surface area (TPSA) is 30.7 Å². The Bertz CT molecular complexity index is 756. The van der Waals surface area contributed by atoms with Gasteiger partial charge in [0.05, 0.1) is 4.88 Å². The Morgan fingerprint density at radius 1 is 1.33 bits per heavy atom. The third kappa shape index (κ3) is 3.20. The first kappa shape index (κ1) is 14.7. The van der Waals surface area contributed by atoms with Crippen LogP contribution in [0.3, 0.4) is 0 Å². The Balaban J connectivity index is 1.77. The van der Waals surface area contributed by atoms with Crippen LogP contribution in [0.4, 0.5) is 4.39 Å². The molecule has 0 bridgehead atoms. The molecule has 0 N–H and O–H groups in total. The van der Waals surface area contributed by atoms with Crippen molar-refractivity contribution in [2.24, 2.45) is 7.05 Å². The maximum absolute atomic E-state index is 13.8. The molecule has 0 amide bonds. The molecule has 0 atom stereocenters. The minimum absolute atomic E-state index is 0.211. The van der Waals surface area contributed by atoms with Crippen LogP contribution in [0.1, 0.15) is 5.56 Å². The summed E-state index contributed by atoms with van der Waals surface area (Å²) in [4.78, 5) is 1.08. The van der Waals surface area contributed by atoms with E-state index in [4.69, 9.17) is 0 Å². The molecule has 0 saturated heterocycles. The van der Waals surface area contributed by atoms with Gasteiger partial charge in [-0.2, -0.15) is 0 Å². The molecule has 7 heteroatoms. The number of hydrogen-bond donors (Lipinski definition) is 0. The van der Waals surface area contributed by atoms with Crippen molar-refractivity contribution in [2.45, 2.75) is 10.9 Å². The normalized spacial score (nSPS) is 11.0. The van der Waals surface area contributed by atoms with E-state index in [-0.39, 0.29) is 5.82 Å². The zero-order valence-electron chi connectivity index (χ0n) is 11.1. The second kappa shape index (κ2) is 6.29. The van der Waals surface area contributed by atoms with Gasteiger partial charge in [-0.05, 0) is 29.1 Å². The summed E-state index contributed by atoms with van der Waals surface area (Å²) in [5.41, 5.74) is 0.656. The third-order valence-corrected chi connectivity index (χ3v) is 5.38. The van der Waals surface area contributed by atoms with E-state index < -0.39 is 0 Å². The summed E-state index contributed by atoms with van der Waals surface area (Å²) in [5, 5.41) is 11.2. The van der Waals surface area contributed by atoms with Gasteiger partial charge in [0.2, 0.25) is 0 Å². The number of halogens is 2. The molecule has 0 aliphatic carbocycles. The molecule has 0 unspecified atom stereocenters. The quantitative estimate of drug-likeness (QED) is 0.609. The van der Waals surface area contributed by atoms with E-state index in [1.807, 2.05) is 35.2 Å². The SMILES string of the molecule is Cn1c(SCc2ccc(Br)cc2F)nnc1-c1cccs1. The number of thiophene rings is 1. The summed E-state index contributed by atoms with van der Waals surface area (Å²) in [6.45, 7) is 0. The molecule has 0 saturated carbocycles. The van der Waals surface area contributed by atoms with Gasteiger partial charge in [-0.3, -0.25) is 0 Å². The summed E-state index contributed by atoms with van der Waals surface area (Å²) in [6.07, 6.45) is 0. The summed E-state index contributed by atoms with van der Waals surface area (Å²) >= 11 is 6.36. The third-order valence-electron chi connectivity index (χ3n) is 2.95. The molecule has 1 aromatic carbocycles. The molecule has 3 rings (SSSR count). The fraction of sp³-hybridized carbons (Fsp3) is 0.143. The van der Waals surface area contributed by atoms with E-state index >= 15 is 0 Å². The number of benzene rings is 1. The summed E-state index contributed by atoms with van der Waals surface area (Å²) < 4.78 is 16.5. The minimum Gasteiger partial charge on any atom is -0.304 e. The summed E-state index contributed by atoms with van der Waals surface area (Å²) in [6, 6.07) is 9.09. The molecule has 0 radical (unpaired) electrons. The van der Waals surface area contributed by atoms with Crippen LogP contribution in [0.15, 0.2) is 45.3 Å². The molecule has 3 nitrogen and oxygen atoms in total. The molecular weight excluding hydrogens is 373 g/mol. The smallest absolute Gasteiger partial charge is 0.191 e. The van der Waals surface area contributed by atoms with Crippen molar-refractivity contribution >= 4 is 39.0 Å². The predicted octanol–water partition coefficient (Wildman–Crippen LogP) is 4.74. The van der Waals surface area contributed by atoms with Crippen LogP contribution in [0.5, 0.6) is 0 Å². The van der Waals surface area contributed by atoms with Gasteiger partial charge in [0.25, 0.3) is 0 Å². The summed E-state index contributed by atoms with van der Waals surface area (Å²) in [5.74, 6) is 1.15. The van der Waals surface area contributed by atoms with Crippen LogP contribution >= 0.6 is 39.0 Å². The second-order valence-electron chi connectivity index (χ2n) is 4.37. The highest BCUT2D eigenvalue weighted by Crippen LogP contribution is 2.28. The molecule has 0 aliphatic rings. The van der Waals surface area contributed by atoms with Crippen molar-refractivity contribution in [2.75, 3.05) is 0 Å². The second-order valence-corrected chi connectivity index (χ2v) is 7.17. The Kier molecular flexibility index (Phi) is 4.42. The van der Waals surface area contributed by atoms with E-state index in [1.165, 1.54) is 17.8 Å². The zero-order chi connectivity index (χ0) is 14.8. The first-order valence-corrected chi connectivity index (χ1v) is 8.81. The summed E-state index contributed by atoms with van der Waals surface area (Å²) in [7, 11) is 1.93. The minimum atomic E-state index is -0.211. The molecule has 108 valence electrons. The number of rotatable bonds is 4. The lowest BCUT2D eigenvalue weighted by molar-refractivity contribution is 0.616. The molecule has 0 aliphatic heterocycles. The van der Waals surface area contributed by atoms with Gasteiger partial charge in [-0.1, -0.05) is 39.8 Å². The fourth-order valence-electron chi connectivity index (χ4n) is 1.84. The zero-order valence-corrected chi connectivity index (χ0v) is 14.3. The van der Waals surface area contributed by atoms with Gasteiger partial charge in [0.15, 0.2) is 11.0 Å². The van der Waals surface area contributed by atoms with Crippen molar-refractivity contribution < 1.29 is 4.39 Å². The molecule has 2 heterocycles. The first-order chi connectivity index (χ1) is 10.1. The highest BCUT2D eigenvalue weighted by Gasteiger charge is 2.13. The molecule has 3 aromatic rings. The highest BCUT2D eigenvalue weighted by atomic mass is 79.9. The maximum Gasteiger partial charge on any atom is 0.191 e. The van der Waals surface area contributed by atoms with Gasteiger partial charge >= 0.3 is 0 Å². The van der Waals surface area contributed by atoms with Gasteiger partial charge in [0.1, 0.15) is 5.82 Å². The Morgan fingerprint density at radius 2 is 2.19 bits per heavy atom. The lowest BCUT2D eigenvalue weighted by Crippen LogP contribution is -1.94. The maximum atomic E-state index is 13.8. The van der Waals surface area contributed by atoms with E-state index in [0.717, 1.165) is 20.3 Å². The Morgan fingerprint density at radius 3 is 2.90 bits per heavy atom. The van der Waals surface area contributed by atoms with Crippen molar-refractivity contribution in [3.63, 3.8) is 0 Å². The van der Waals surface area contributed by atoms with Crippen LogP contribution < -0.4 is 0 Å². The van der Waals surface area contributed by atoms with Gasteiger partial charge in [-0.25, -0.2) is 4.39 Å². The largest absolute Gasteiger partial charge is 0.304 e. The van der Waals surface area contributed by atoms with Crippen LogP contribution in [0, 0.1) is 5.82 Å². The Hall–Kier alpha value is -1.18. The van der Waals surface area contributed by atoms with E-state index in [9.17, 15) is 4.39 Å². The van der Waals surface area contributed by atoms with E-state index in [0.29, 0.717) is 11.3 Å². The van der Waals surface area contributed by atoms with Gasteiger partial charge in [0, 0.05) is 17.3 Å². The highest BCUT2D eigenvalue weighted by molar-refractivity contribution is 9.10. The van der Waals surface area contributed by atoms with Gasteiger partial charge < -0.3 is 4.57 Å². The number of thioether (sulfide) groups is 1. The first-order valence-electron chi connectivity index (χ1n) is 6.15. The molecule has 0 spiro atoms. The van der Waals surface area contributed by atoms with Crippen molar-refractivity contribution in [1.29, 1.82) is 0 Å². The average Bonchev–Trinajstić information content (AvgIpc) is 3.08.